The van der Waals surface area contributed by atoms with E-state index in [1.807, 2.05) is 24.3 Å². The van der Waals surface area contributed by atoms with Crippen LogP contribution in [0.25, 0.3) is 16.7 Å². The molecule has 122 valence electrons. The minimum atomic E-state index is -0.730. The molecule has 0 radical (unpaired) electrons. The maximum atomic E-state index is 12.2. The fourth-order valence-corrected chi connectivity index (χ4v) is 2.52. The van der Waals surface area contributed by atoms with Crippen molar-refractivity contribution in [1.82, 2.24) is 15.0 Å². The van der Waals surface area contributed by atoms with E-state index in [1.54, 1.807) is 19.1 Å². The van der Waals surface area contributed by atoms with Crippen molar-refractivity contribution in [2.24, 2.45) is 0 Å². The first-order chi connectivity index (χ1) is 11.5. The maximum Gasteiger partial charge on any atom is 0.167 e. The van der Waals surface area contributed by atoms with Crippen molar-refractivity contribution < 1.29 is 15.0 Å². The number of nitrogens with zero attached hydrogens (tertiary/aromatic N) is 3. The number of aromatic nitrogens is 3. The molecule has 24 heavy (non-hydrogen) atoms. The molecule has 0 amide bonds. The van der Waals surface area contributed by atoms with Gasteiger partial charge in [-0.15, -0.1) is 15.0 Å². The zero-order chi connectivity index (χ0) is 17.3. The number of Topliss-reactive ketones (excluding diaryl/α,β-unsaturated/α-hetero) is 1. The van der Waals surface area contributed by atoms with E-state index in [0.717, 1.165) is 0 Å². The molecule has 3 aromatic rings. The molecular formula is C18H17N3O3. The molecule has 6 heteroatoms. The Morgan fingerprint density at radius 2 is 1.83 bits per heavy atom. The Morgan fingerprint density at radius 1 is 1.21 bits per heavy atom. The standard InChI is InChI=1S/C18H17N3O3/c1-11(2)18(24)13(10-22)12-7-8-17(23)16(9-12)21-19-14-5-3-4-6-15(14)20-21/h3-9,13,22-23H,1,10H2,2H3. The summed E-state index contributed by atoms with van der Waals surface area (Å²) >= 11 is 0. The van der Waals surface area contributed by atoms with Crippen molar-refractivity contribution in [1.29, 1.82) is 0 Å². The zero-order valence-electron chi connectivity index (χ0n) is 13.2. The average Bonchev–Trinajstić information content (AvgIpc) is 3.00. The first-order valence-corrected chi connectivity index (χ1v) is 7.47. The number of carbonyl (C=O) groups excluding carboxylic acids is 1. The highest BCUT2D eigenvalue weighted by atomic mass is 16.3. The van der Waals surface area contributed by atoms with Gasteiger partial charge in [-0.05, 0) is 42.3 Å². The summed E-state index contributed by atoms with van der Waals surface area (Å²) in [5.74, 6) is -0.988. The van der Waals surface area contributed by atoms with Crippen molar-refractivity contribution in [2.75, 3.05) is 6.61 Å². The van der Waals surface area contributed by atoms with E-state index in [0.29, 0.717) is 27.9 Å². The number of ketones is 1. The predicted octanol–water partition coefficient (Wildman–Crippen LogP) is 2.35. The van der Waals surface area contributed by atoms with Crippen LogP contribution in [0.4, 0.5) is 0 Å². The van der Waals surface area contributed by atoms with E-state index < -0.39 is 5.92 Å². The van der Waals surface area contributed by atoms with Gasteiger partial charge in [-0.3, -0.25) is 4.79 Å². The molecule has 1 atom stereocenters. The number of aliphatic hydroxyl groups excluding tert-OH is 1. The largest absolute Gasteiger partial charge is 0.506 e. The Bertz CT molecular complexity index is 897. The van der Waals surface area contributed by atoms with Crippen molar-refractivity contribution >= 4 is 16.8 Å². The summed E-state index contributed by atoms with van der Waals surface area (Å²) in [7, 11) is 0. The highest BCUT2D eigenvalue weighted by molar-refractivity contribution is 5.99. The predicted molar refractivity (Wildman–Crippen MR) is 90.2 cm³/mol. The number of aliphatic hydroxyl groups is 1. The summed E-state index contributed by atoms with van der Waals surface area (Å²) in [5.41, 5.74) is 2.67. The Hall–Kier alpha value is -2.99. The summed E-state index contributed by atoms with van der Waals surface area (Å²) in [4.78, 5) is 13.5. The molecule has 0 aliphatic heterocycles. The van der Waals surface area contributed by atoms with Crippen molar-refractivity contribution in [2.45, 2.75) is 12.8 Å². The lowest BCUT2D eigenvalue weighted by Crippen LogP contribution is -2.17. The van der Waals surface area contributed by atoms with Gasteiger partial charge in [-0.2, -0.15) is 0 Å². The van der Waals surface area contributed by atoms with Gasteiger partial charge in [0.05, 0.1) is 12.5 Å². The third-order valence-electron chi connectivity index (χ3n) is 3.82. The molecule has 0 bridgehead atoms. The van der Waals surface area contributed by atoms with Crippen LogP contribution in [-0.2, 0) is 4.79 Å². The number of phenolic OH excluding ortho intramolecular Hbond substituents is 1. The number of benzene rings is 2. The summed E-state index contributed by atoms with van der Waals surface area (Å²) in [6.07, 6.45) is 0. The normalized spacial score (nSPS) is 12.2. The van der Waals surface area contributed by atoms with Gasteiger partial charge in [0.15, 0.2) is 5.78 Å². The number of allylic oxidation sites excluding steroid dienone is 1. The van der Waals surface area contributed by atoms with Crippen LogP contribution < -0.4 is 0 Å². The van der Waals surface area contributed by atoms with Gasteiger partial charge in [-0.1, -0.05) is 24.8 Å². The Labute approximate surface area is 138 Å². The molecule has 6 nitrogen and oxygen atoms in total. The van der Waals surface area contributed by atoms with E-state index in [-0.39, 0.29) is 18.1 Å². The van der Waals surface area contributed by atoms with E-state index in [9.17, 15) is 15.0 Å². The van der Waals surface area contributed by atoms with E-state index in [4.69, 9.17) is 0 Å². The Balaban J connectivity index is 2.08. The topological polar surface area (TPSA) is 88.2 Å². The molecule has 0 saturated carbocycles. The quantitative estimate of drug-likeness (QED) is 0.704. The molecule has 3 rings (SSSR count). The lowest BCUT2D eigenvalue weighted by molar-refractivity contribution is -0.117. The number of phenols is 1. The molecule has 1 unspecified atom stereocenters. The highest BCUT2D eigenvalue weighted by Crippen LogP contribution is 2.28. The first kappa shape index (κ1) is 15.9. The monoisotopic (exact) mass is 323 g/mol. The van der Waals surface area contributed by atoms with Crippen LogP contribution in [-0.4, -0.2) is 37.6 Å². The minimum Gasteiger partial charge on any atom is -0.506 e. The number of aromatic hydroxyl groups is 1. The summed E-state index contributed by atoms with van der Waals surface area (Å²) in [6, 6.07) is 12.0. The lowest BCUT2D eigenvalue weighted by Gasteiger charge is -2.15. The smallest absolute Gasteiger partial charge is 0.167 e. The van der Waals surface area contributed by atoms with Crippen LogP contribution in [0, 0.1) is 0 Å². The minimum absolute atomic E-state index is 0.0153. The summed E-state index contributed by atoms with van der Waals surface area (Å²) < 4.78 is 0. The summed E-state index contributed by atoms with van der Waals surface area (Å²) in [5, 5.41) is 28.4. The molecular weight excluding hydrogens is 306 g/mol. The van der Waals surface area contributed by atoms with E-state index >= 15 is 0 Å². The van der Waals surface area contributed by atoms with Crippen LogP contribution >= 0.6 is 0 Å². The van der Waals surface area contributed by atoms with Crippen molar-refractivity contribution in [3.8, 4) is 11.4 Å². The highest BCUT2D eigenvalue weighted by Gasteiger charge is 2.22. The fourth-order valence-electron chi connectivity index (χ4n) is 2.52. The second kappa shape index (κ2) is 6.25. The third-order valence-corrected chi connectivity index (χ3v) is 3.82. The van der Waals surface area contributed by atoms with Gasteiger partial charge < -0.3 is 10.2 Å². The van der Waals surface area contributed by atoms with E-state index in [1.165, 1.54) is 10.9 Å². The second-order valence-electron chi connectivity index (χ2n) is 5.61. The summed E-state index contributed by atoms with van der Waals surface area (Å²) in [6.45, 7) is 4.90. The van der Waals surface area contributed by atoms with Crippen LogP contribution in [0.2, 0.25) is 0 Å². The Kier molecular flexibility index (Phi) is 4.14. The number of rotatable bonds is 5. The van der Waals surface area contributed by atoms with Gasteiger partial charge in [0.1, 0.15) is 22.5 Å². The van der Waals surface area contributed by atoms with Crippen LogP contribution in [0.15, 0.2) is 54.6 Å². The third kappa shape index (κ3) is 2.79. The second-order valence-corrected chi connectivity index (χ2v) is 5.61. The van der Waals surface area contributed by atoms with Gasteiger partial charge in [-0.25, -0.2) is 0 Å². The van der Waals surface area contributed by atoms with Gasteiger partial charge in [0.25, 0.3) is 0 Å². The van der Waals surface area contributed by atoms with Crippen molar-refractivity contribution in [3.05, 3.63) is 60.2 Å². The molecule has 1 heterocycles. The number of hydrogen-bond donors (Lipinski definition) is 2. The van der Waals surface area contributed by atoms with E-state index in [2.05, 4.69) is 16.8 Å². The van der Waals surface area contributed by atoms with Crippen molar-refractivity contribution in [3.63, 3.8) is 0 Å². The van der Waals surface area contributed by atoms with Gasteiger partial charge in [0.2, 0.25) is 0 Å². The van der Waals surface area contributed by atoms with Crippen LogP contribution in [0.3, 0.4) is 0 Å². The molecule has 2 aromatic carbocycles. The fraction of sp³-hybridized carbons (Fsp3) is 0.167. The lowest BCUT2D eigenvalue weighted by atomic mass is 9.92. The molecule has 0 saturated heterocycles. The van der Waals surface area contributed by atoms with Crippen LogP contribution in [0.1, 0.15) is 18.4 Å². The van der Waals surface area contributed by atoms with Crippen LogP contribution in [0.5, 0.6) is 5.75 Å². The molecule has 0 aliphatic carbocycles. The average molecular weight is 323 g/mol. The molecule has 1 aromatic heterocycles. The number of hydrogen-bond acceptors (Lipinski definition) is 5. The first-order valence-electron chi connectivity index (χ1n) is 7.47. The number of carbonyl (C=O) groups is 1. The Morgan fingerprint density at radius 3 is 2.38 bits per heavy atom. The number of fused-ring (bicyclic) bond motifs is 1. The SMILES string of the molecule is C=C(C)C(=O)C(CO)c1ccc(O)c(-n2nc3ccccc3n2)c1. The van der Waals surface area contributed by atoms with Gasteiger partial charge >= 0.3 is 0 Å². The zero-order valence-corrected chi connectivity index (χ0v) is 13.2. The molecule has 2 N–H and O–H groups in total. The molecule has 0 spiro atoms. The molecule has 0 aliphatic rings. The van der Waals surface area contributed by atoms with Gasteiger partial charge in [0, 0.05) is 0 Å². The maximum absolute atomic E-state index is 12.2. The molecule has 0 fully saturated rings.